The van der Waals surface area contributed by atoms with Gasteiger partial charge in [-0.25, -0.2) is 4.99 Å². The van der Waals surface area contributed by atoms with E-state index < -0.39 is 0 Å². The molecule has 0 bridgehead atoms. The minimum absolute atomic E-state index is 0.151. The topological polar surface area (TPSA) is 62.2 Å². The lowest BCUT2D eigenvalue weighted by Gasteiger charge is -1.95. The molecular formula is C6H9N3S2. The molecule has 0 fully saturated rings. The maximum atomic E-state index is 8.35. The lowest BCUT2D eigenvalue weighted by Crippen LogP contribution is -1.98. The van der Waals surface area contributed by atoms with Gasteiger partial charge in [0.25, 0.3) is 0 Å². The Labute approximate surface area is 75.8 Å². The van der Waals surface area contributed by atoms with Crippen molar-refractivity contribution in [3.8, 4) is 6.07 Å². The van der Waals surface area contributed by atoms with Crippen LogP contribution in [-0.2, 0) is 0 Å². The van der Waals surface area contributed by atoms with Gasteiger partial charge in [-0.2, -0.15) is 5.26 Å². The number of rotatable bonds is 1. The van der Waals surface area contributed by atoms with Crippen LogP contribution in [0, 0.1) is 11.3 Å². The molecule has 2 N–H and O–H groups in total. The van der Waals surface area contributed by atoms with E-state index in [2.05, 4.69) is 17.6 Å². The molecule has 0 saturated carbocycles. The number of allylic oxidation sites excluding steroid dienone is 1. The molecule has 3 nitrogen and oxygen atoms in total. The van der Waals surface area contributed by atoms with Crippen LogP contribution in [0.3, 0.4) is 0 Å². The van der Waals surface area contributed by atoms with Gasteiger partial charge >= 0.3 is 0 Å². The smallest absolute Gasteiger partial charge is 0.148 e. The maximum absolute atomic E-state index is 8.35. The third kappa shape index (κ3) is 3.96. The highest BCUT2D eigenvalue weighted by Gasteiger charge is 1.95. The van der Waals surface area contributed by atoms with E-state index in [4.69, 9.17) is 11.0 Å². The molecule has 0 unspecified atom stereocenters. The van der Waals surface area contributed by atoms with Crippen LogP contribution in [0.15, 0.2) is 15.7 Å². The third-order valence-corrected chi connectivity index (χ3v) is 1.93. The van der Waals surface area contributed by atoms with Crippen molar-refractivity contribution in [2.24, 2.45) is 10.7 Å². The largest absolute Gasteiger partial charge is 0.382 e. The zero-order valence-corrected chi connectivity index (χ0v) is 8.04. The number of nitrogens with zero attached hydrogens (tertiary/aromatic N) is 2. The average molecular weight is 187 g/mol. The molecule has 0 aromatic carbocycles. The summed E-state index contributed by atoms with van der Waals surface area (Å²) in [5.41, 5.74) is 5.38. The first-order chi connectivity index (χ1) is 5.11. The van der Waals surface area contributed by atoms with Crippen molar-refractivity contribution in [1.82, 2.24) is 0 Å². The van der Waals surface area contributed by atoms with E-state index in [0.717, 1.165) is 5.04 Å². The van der Waals surface area contributed by atoms with Crippen molar-refractivity contribution in [2.45, 2.75) is 6.92 Å². The molecule has 0 aromatic heterocycles. The number of thioether (sulfide) groups is 1. The van der Waals surface area contributed by atoms with Gasteiger partial charge < -0.3 is 5.73 Å². The van der Waals surface area contributed by atoms with Gasteiger partial charge in [0.05, 0.1) is 5.04 Å². The third-order valence-electron chi connectivity index (χ3n) is 0.922. The normalized spacial score (nSPS) is 13.8. The Morgan fingerprint density at radius 2 is 2.27 bits per heavy atom. The van der Waals surface area contributed by atoms with Crippen LogP contribution in [0.5, 0.6) is 0 Å². The van der Waals surface area contributed by atoms with Crippen LogP contribution >= 0.6 is 24.4 Å². The minimum atomic E-state index is 0.151. The van der Waals surface area contributed by atoms with Gasteiger partial charge in [0.2, 0.25) is 0 Å². The Balaban J connectivity index is 4.54. The molecule has 0 amide bonds. The zero-order valence-electron chi connectivity index (χ0n) is 6.33. The lowest BCUT2D eigenvalue weighted by molar-refractivity contribution is 1.24. The van der Waals surface area contributed by atoms with Crippen molar-refractivity contribution in [2.75, 3.05) is 6.26 Å². The molecule has 0 rings (SSSR count). The summed E-state index contributed by atoms with van der Waals surface area (Å²) in [4.78, 5) is 4.06. The number of nitrogens with two attached hydrogens (primary N) is 1. The van der Waals surface area contributed by atoms with Crippen molar-refractivity contribution < 1.29 is 0 Å². The summed E-state index contributed by atoms with van der Waals surface area (Å²) in [5.74, 6) is 0.169. The quantitative estimate of drug-likeness (QED) is 0.282. The molecule has 0 aliphatic carbocycles. The molecular weight excluding hydrogens is 178 g/mol. The van der Waals surface area contributed by atoms with Crippen LogP contribution in [0.2, 0.25) is 0 Å². The standard InChI is InChI=1S/C6H9N3S2/c1-4(11-2)9-6(8)5(10)3-7/h10H,8H2,1-2H3/b6-5-,9-4+. The van der Waals surface area contributed by atoms with Gasteiger partial charge in [0, 0.05) is 0 Å². The van der Waals surface area contributed by atoms with Gasteiger partial charge in [0.1, 0.15) is 16.8 Å². The van der Waals surface area contributed by atoms with Gasteiger partial charge in [-0.3, -0.25) is 0 Å². The molecule has 0 heterocycles. The zero-order chi connectivity index (χ0) is 8.85. The van der Waals surface area contributed by atoms with Crippen LogP contribution in [0.25, 0.3) is 0 Å². The summed E-state index contributed by atoms with van der Waals surface area (Å²) in [5, 5.41) is 9.16. The van der Waals surface area contributed by atoms with E-state index in [0.29, 0.717) is 0 Å². The highest BCUT2D eigenvalue weighted by atomic mass is 32.2. The van der Waals surface area contributed by atoms with Gasteiger partial charge in [-0.1, -0.05) is 0 Å². The van der Waals surface area contributed by atoms with Crippen LogP contribution in [0.1, 0.15) is 6.92 Å². The number of thiol groups is 1. The van der Waals surface area contributed by atoms with E-state index in [9.17, 15) is 0 Å². The average Bonchev–Trinajstić information content (AvgIpc) is 2.02. The summed E-state index contributed by atoms with van der Waals surface area (Å²) in [6.07, 6.45) is 1.89. The fourth-order valence-electron chi connectivity index (χ4n) is 0.325. The first kappa shape index (κ1) is 10.4. The summed E-state index contributed by atoms with van der Waals surface area (Å²) in [6.45, 7) is 1.82. The van der Waals surface area contributed by atoms with Gasteiger partial charge in [-0.05, 0) is 13.2 Å². The number of hydrogen-bond donors (Lipinski definition) is 2. The molecule has 0 spiro atoms. The Bertz CT molecular complexity index is 237. The Morgan fingerprint density at radius 1 is 1.73 bits per heavy atom. The first-order valence-corrected chi connectivity index (χ1v) is 4.47. The molecule has 0 aromatic rings. The maximum Gasteiger partial charge on any atom is 0.148 e. The van der Waals surface area contributed by atoms with Crippen molar-refractivity contribution in [3.63, 3.8) is 0 Å². The van der Waals surface area contributed by atoms with E-state index in [1.165, 1.54) is 11.8 Å². The Hall–Kier alpha value is -0.600. The molecule has 0 aliphatic rings. The second-order valence-corrected chi connectivity index (χ2v) is 3.13. The van der Waals surface area contributed by atoms with Gasteiger partial charge in [-0.15, -0.1) is 24.4 Å². The van der Waals surface area contributed by atoms with E-state index in [1.54, 1.807) is 6.07 Å². The summed E-state index contributed by atoms with van der Waals surface area (Å²) in [6, 6.07) is 1.80. The molecule has 60 valence electrons. The highest BCUT2D eigenvalue weighted by Crippen LogP contribution is 2.06. The first-order valence-electron chi connectivity index (χ1n) is 2.80. The molecule has 0 radical (unpaired) electrons. The molecule has 0 saturated heterocycles. The number of aliphatic imine (C=N–C) groups is 1. The van der Waals surface area contributed by atoms with E-state index in [1.807, 2.05) is 13.2 Å². The number of nitriles is 1. The lowest BCUT2D eigenvalue weighted by atomic mass is 10.6. The predicted octanol–water partition coefficient (Wildman–Crippen LogP) is 1.35. The minimum Gasteiger partial charge on any atom is -0.382 e. The van der Waals surface area contributed by atoms with Crippen LogP contribution in [0.4, 0.5) is 0 Å². The second kappa shape index (κ2) is 5.10. The SMILES string of the molecule is CS/C(C)=N/C(N)=C(\S)C#N. The van der Waals surface area contributed by atoms with Crippen molar-refractivity contribution in [1.29, 1.82) is 5.26 Å². The highest BCUT2D eigenvalue weighted by molar-refractivity contribution is 8.13. The second-order valence-electron chi connectivity index (χ2n) is 1.68. The summed E-state index contributed by atoms with van der Waals surface area (Å²) >= 11 is 5.29. The summed E-state index contributed by atoms with van der Waals surface area (Å²) in [7, 11) is 0. The van der Waals surface area contributed by atoms with Gasteiger partial charge in [0.15, 0.2) is 0 Å². The molecule has 0 aliphatic heterocycles. The molecule has 5 heteroatoms. The molecule has 0 atom stereocenters. The Kier molecular flexibility index (Phi) is 4.83. The fraction of sp³-hybridized carbons (Fsp3) is 0.333. The van der Waals surface area contributed by atoms with Crippen LogP contribution < -0.4 is 5.73 Å². The van der Waals surface area contributed by atoms with Crippen molar-refractivity contribution >= 4 is 29.4 Å². The molecule has 11 heavy (non-hydrogen) atoms. The fourth-order valence-corrected chi connectivity index (χ4v) is 0.565. The van der Waals surface area contributed by atoms with Crippen molar-refractivity contribution in [3.05, 3.63) is 10.7 Å². The van der Waals surface area contributed by atoms with E-state index in [-0.39, 0.29) is 10.7 Å². The summed E-state index contributed by atoms with van der Waals surface area (Å²) < 4.78 is 0. The number of hydrogen-bond acceptors (Lipinski definition) is 5. The Morgan fingerprint density at radius 3 is 2.64 bits per heavy atom. The van der Waals surface area contributed by atoms with E-state index >= 15 is 0 Å². The predicted molar refractivity (Wildman–Crippen MR) is 52.4 cm³/mol. The van der Waals surface area contributed by atoms with Crippen LogP contribution in [-0.4, -0.2) is 11.3 Å². The monoisotopic (exact) mass is 187 g/mol.